The highest BCUT2D eigenvalue weighted by Crippen LogP contribution is 2.28. The minimum Gasteiger partial charge on any atom is -0.493 e. The van der Waals surface area contributed by atoms with Crippen molar-refractivity contribution >= 4 is 5.96 Å². The van der Waals surface area contributed by atoms with Gasteiger partial charge in [0.05, 0.1) is 13.7 Å². The van der Waals surface area contributed by atoms with Gasteiger partial charge in [-0.15, -0.1) is 0 Å². The van der Waals surface area contributed by atoms with E-state index in [4.69, 9.17) is 9.47 Å². The number of nitrogens with zero attached hydrogens (tertiary/aromatic N) is 3. The summed E-state index contributed by atoms with van der Waals surface area (Å²) in [5.41, 5.74) is 1.27. The summed E-state index contributed by atoms with van der Waals surface area (Å²) < 4.78 is 11.0. The first-order valence-corrected chi connectivity index (χ1v) is 11.1. The second-order valence-corrected chi connectivity index (χ2v) is 7.58. The van der Waals surface area contributed by atoms with Crippen LogP contribution < -0.4 is 14.8 Å². The third-order valence-electron chi connectivity index (χ3n) is 5.66. The fourth-order valence-electron chi connectivity index (χ4n) is 3.99. The Morgan fingerprint density at radius 2 is 2.03 bits per heavy atom. The second-order valence-electron chi connectivity index (χ2n) is 7.58. The molecule has 1 N–H and O–H groups in total. The average molecular weight is 405 g/mol. The number of benzene rings is 1. The van der Waals surface area contributed by atoms with Crippen LogP contribution in [-0.2, 0) is 6.42 Å². The Bertz CT molecular complexity index is 631. The molecule has 0 aromatic heterocycles. The molecule has 1 aromatic carbocycles. The van der Waals surface area contributed by atoms with E-state index in [0.29, 0.717) is 6.61 Å². The summed E-state index contributed by atoms with van der Waals surface area (Å²) in [6.07, 6.45) is 3.30. The van der Waals surface area contributed by atoms with E-state index < -0.39 is 0 Å². The quantitative estimate of drug-likeness (QED) is 0.348. The molecule has 0 aliphatic carbocycles. The number of aliphatic imine (C=N–C) groups is 1. The zero-order chi connectivity index (χ0) is 21.1. The average Bonchev–Trinajstić information content (AvgIpc) is 3.20. The predicted octanol–water partition coefficient (Wildman–Crippen LogP) is 3.27. The van der Waals surface area contributed by atoms with E-state index in [1.807, 2.05) is 20.0 Å². The molecule has 0 amide bonds. The molecule has 29 heavy (non-hydrogen) atoms. The van der Waals surface area contributed by atoms with Gasteiger partial charge in [0.15, 0.2) is 17.5 Å². The number of guanidine groups is 1. The standard InChI is InChI=1S/C23H40N4O2/c1-6-26(7-2)17-20-13-15-27(18-20)23(24-4)25-14-9-10-19-11-12-21(28-5)22(16-19)29-8-3/h11-12,16,20H,6-10,13-15,17-18H2,1-5H3,(H,24,25). The Balaban J connectivity index is 1.77. The highest BCUT2D eigenvalue weighted by atomic mass is 16.5. The molecular formula is C23H40N4O2. The molecule has 1 unspecified atom stereocenters. The topological polar surface area (TPSA) is 49.3 Å². The Hall–Kier alpha value is -1.95. The Morgan fingerprint density at radius 1 is 1.24 bits per heavy atom. The number of hydrogen-bond acceptors (Lipinski definition) is 4. The van der Waals surface area contributed by atoms with E-state index in [1.54, 1.807) is 7.11 Å². The molecule has 0 bridgehead atoms. The summed E-state index contributed by atoms with van der Waals surface area (Å²) in [5.74, 6) is 3.40. The van der Waals surface area contributed by atoms with Gasteiger partial charge in [-0.1, -0.05) is 19.9 Å². The van der Waals surface area contributed by atoms with Gasteiger partial charge < -0.3 is 24.6 Å². The number of methoxy groups -OCH3 is 1. The van der Waals surface area contributed by atoms with Crippen molar-refractivity contribution < 1.29 is 9.47 Å². The Kier molecular flexibility index (Phi) is 10.1. The molecule has 6 nitrogen and oxygen atoms in total. The lowest BCUT2D eigenvalue weighted by Crippen LogP contribution is -2.41. The molecule has 0 radical (unpaired) electrons. The van der Waals surface area contributed by atoms with E-state index in [1.165, 1.54) is 18.5 Å². The van der Waals surface area contributed by atoms with Crippen molar-refractivity contribution in [3.05, 3.63) is 23.8 Å². The highest BCUT2D eigenvalue weighted by molar-refractivity contribution is 5.80. The van der Waals surface area contributed by atoms with E-state index in [0.717, 1.165) is 68.9 Å². The fraction of sp³-hybridized carbons (Fsp3) is 0.696. The lowest BCUT2D eigenvalue weighted by molar-refractivity contribution is 0.255. The van der Waals surface area contributed by atoms with Crippen LogP contribution >= 0.6 is 0 Å². The lowest BCUT2D eigenvalue weighted by Gasteiger charge is -2.24. The molecule has 1 aromatic rings. The van der Waals surface area contributed by atoms with Gasteiger partial charge in [0, 0.05) is 33.2 Å². The molecule has 6 heteroatoms. The summed E-state index contributed by atoms with van der Waals surface area (Å²) in [7, 11) is 3.57. The van der Waals surface area contributed by atoms with Crippen LogP contribution in [0.5, 0.6) is 11.5 Å². The fourth-order valence-corrected chi connectivity index (χ4v) is 3.99. The van der Waals surface area contributed by atoms with Crippen molar-refractivity contribution in [3.63, 3.8) is 0 Å². The summed E-state index contributed by atoms with van der Waals surface area (Å²) in [5, 5.41) is 3.55. The first-order chi connectivity index (χ1) is 14.1. The number of rotatable bonds is 11. The van der Waals surface area contributed by atoms with Crippen molar-refractivity contribution in [1.82, 2.24) is 15.1 Å². The minimum atomic E-state index is 0.642. The molecule has 1 heterocycles. The molecule has 0 spiro atoms. The van der Waals surface area contributed by atoms with Crippen LogP contribution in [0.3, 0.4) is 0 Å². The van der Waals surface area contributed by atoms with Gasteiger partial charge in [-0.05, 0) is 62.9 Å². The van der Waals surface area contributed by atoms with Crippen LogP contribution in [0, 0.1) is 5.92 Å². The van der Waals surface area contributed by atoms with Gasteiger partial charge >= 0.3 is 0 Å². The van der Waals surface area contributed by atoms with Gasteiger partial charge in [0.2, 0.25) is 0 Å². The molecule has 164 valence electrons. The smallest absolute Gasteiger partial charge is 0.193 e. The summed E-state index contributed by atoms with van der Waals surface area (Å²) in [6, 6.07) is 6.21. The molecular weight excluding hydrogens is 364 g/mol. The van der Waals surface area contributed by atoms with Crippen LogP contribution in [0.25, 0.3) is 0 Å². The van der Waals surface area contributed by atoms with Gasteiger partial charge in [0.1, 0.15) is 0 Å². The number of hydrogen-bond donors (Lipinski definition) is 1. The van der Waals surface area contributed by atoms with Crippen molar-refractivity contribution in [1.29, 1.82) is 0 Å². The summed E-state index contributed by atoms with van der Waals surface area (Å²) in [6.45, 7) is 13.7. The minimum absolute atomic E-state index is 0.642. The van der Waals surface area contributed by atoms with E-state index in [9.17, 15) is 0 Å². The molecule has 1 aliphatic heterocycles. The van der Waals surface area contributed by atoms with Crippen molar-refractivity contribution in [2.75, 3.05) is 60.0 Å². The third-order valence-corrected chi connectivity index (χ3v) is 5.66. The molecule has 1 aliphatic rings. The van der Waals surface area contributed by atoms with E-state index in [-0.39, 0.29) is 0 Å². The monoisotopic (exact) mass is 404 g/mol. The van der Waals surface area contributed by atoms with Crippen LogP contribution in [-0.4, -0.2) is 75.8 Å². The van der Waals surface area contributed by atoms with Gasteiger partial charge in [-0.2, -0.15) is 0 Å². The SMILES string of the molecule is CCOc1cc(CCCNC(=NC)N2CCC(CN(CC)CC)C2)ccc1OC. The predicted molar refractivity (Wildman–Crippen MR) is 121 cm³/mol. The second kappa shape index (κ2) is 12.6. The van der Waals surface area contributed by atoms with Crippen molar-refractivity contribution in [3.8, 4) is 11.5 Å². The molecule has 2 rings (SSSR count). The third kappa shape index (κ3) is 7.11. The first kappa shape index (κ1) is 23.3. The summed E-state index contributed by atoms with van der Waals surface area (Å²) >= 11 is 0. The van der Waals surface area contributed by atoms with Gasteiger partial charge in [0.25, 0.3) is 0 Å². The first-order valence-electron chi connectivity index (χ1n) is 11.1. The molecule has 0 saturated carbocycles. The highest BCUT2D eigenvalue weighted by Gasteiger charge is 2.25. The van der Waals surface area contributed by atoms with E-state index in [2.05, 4.69) is 46.1 Å². The molecule has 1 saturated heterocycles. The maximum atomic E-state index is 5.68. The number of aryl methyl sites for hydroxylation is 1. The van der Waals surface area contributed by atoms with Gasteiger partial charge in [-0.3, -0.25) is 4.99 Å². The zero-order valence-electron chi connectivity index (χ0n) is 19.0. The molecule has 1 atom stereocenters. The van der Waals surface area contributed by atoms with Crippen LogP contribution in [0.2, 0.25) is 0 Å². The normalized spacial score (nSPS) is 17.1. The maximum Gasteiger partial charge on any atom is 0.193 e. The zero-order valence-corrected chi connectivity index (χ0v) is 19.0. The van der Waals surface area contributed by atoms with E-state index >= 15 is 0 Å². The largest absolute Gasteiger partial charge is 0.493 e. The summed E-state index contributed by atoms with van der Waals surface area (Å²) in [4.78, 5) is 9.45. The van der Waals surface area contributed by atoms with Gasteiger partial charge in [-0.25, -0.2) is 0 Å². The number of ether oxygens (including phenoxy) is 2. The van der Waals surface area contributed by atoms with Crippen molar-refractivity contribution in [2.45, 2.75) is 40.0 Å². The van der Waals surface area contributed by atoms with Crippen LogP contribution in [0.15, 0.2) is 23.2 Å². The lowest BCUT2D eigenvalue weighted by atomic mass is 10.1. The Labute approximate surface area is 177 Å². The van der Waals surface area contributed by atoms with Crippen molar-refractivity contribution in [2.24, 2.45) is 10.9 Å². The number of likely N-dealkylation sites (tertiary alicyclic amines) is 1. The molecule has 1 fully saturated rings. The van der Waals surface area contributed by atoms with Crippen LogP contribution in [0.4, 0.5) is 0 Å². The van der Waals surface area contributed by atoms with Crippen LogP contribution in [0.1, 0.15) is 39.2 Å². The Morgan fingerprint density at radius 3 is 2.69 bits per heavy atom. The maximum absolute atomic E-state index is 5.68. The number of nitrogens with one attached hydrogen (secondary N) is 1.